The molecular weight excluding hydrogens is 440 g/mol. The smallest absolute Gasteiger partial charge is 0.253 e. The van der Waals surface area contributed by atoms with Crippen LogP contribution in [0.1, 0.15) is 53.9 Å². The minimum absolute atomic E-state index is 0.0854. The number of nitrogens with zero attached hydrogens (tertiary/aromatic N) is 5. The molecule has 0 spiro atoms. The fraction of sp³-hybridized carbons (Fsp3) is 0.407. The Balaban J connectivity index is 1.64. The van der Waals surface area contributed by atoms with Gasteiger partial charge in [0.05, 0.1) is 12.6 Å². The molecule has 0 bridgehead atoms. The normalized spacial score (nSPS) is 16.9. The molecule has 35 heavy (non-hydrogen) atoms. The highest BCUT2D eigenvalue weighted by Crippen LogP contribution is 2.30. The molecule has 182 valence electrons. The van der Waals surface area contributed by atoms with Gasteiger partial charge in [0.2, 0.25) is 0 Å². The summed E-state index contributed by atoms with van der Waals surface area (Å²) in [4.78, 5) is 18.9. The highest BCUT2D eigenvalue weighted by Gasteiger charge is 2.31. The molecule has 8 nitrogen and oxygen atoms in total. The Morgan fingerprint density at radius 2 is 2.03 bits per heavy atom. The van der Waals surface area contributed by atoms with E-state index in [1.165, 1.54) is 5.56 Å². The first kappa shape index (κ1) is 23.4. The number of nitrogens with one attached hydrogen (secondary N) is 1. The number of ether oxygens (including phenoxy) is 1. The maximum Gasteiger partial charge on any atom is 0.253 e. The molecular formula is C27H32N6O2. The maximum atomic E-state index is 13.5. The number of hydrogen-bond acceptors (Lipinski definition) is 6. The molecule has 0 radical (unpaired) electrons. The van der Waals surface area contributed by atoms with Gasteiger partial charge in [0.1, 0.15) is 6.04 Å². The molecule has 1 N–H and O–H groups in total. The van der Waals surface area contributed by atoms with Crippen molar-refractivity contribution >= 4 is 10.9 Å². The fourth-order valence-corrected chi connectivity index (χ4v) is 5.11. The van der Waals surface area contributed by atoms with Crippen molar-refractivity contribution in [3.63, 3.8) is 0 Å². The van der Waals surface area contributed by atoms with Gasteiger partial charge in [-0.2, -0.15) is 0 Å². The highest BCUT2D eigenvalue weighted by atomic mass is 16.5. The highest BCUT2D eigenvalue weighted by molar-refractivity contribution is 5.83. The molecule has 2 aromatic heterocycles. The average molecular weight is 473 g/mol. The summed E-state index contributed by atoms with van der Waals surface area (Å²) in [6, 6.07) is 16.1. The molecule has 5 rings (SSSR count). The standard InChI is InChI=1S/C27H32N6O2/c1-4-32(16-20-9-6-5-7-10-20)25(26-29-30-31-33(26)17-21-11-8-12-35-21)23-15-22-19(3)13-18(2)14-24(22)28-27(23)34/h5-7,9-10,13-15,21,25H,4,8,11-12,16-17H2,1-3H3,(H,28,34)/t21-,25-/m0/s1. The lowest BCUT2D eigenvalue weighted by Crippen LogP contribution is -2.35. The Kier molecular flexibility index (Phi) is 6.74. The number of pyridine rings is 1. The lowest BCUT2D eigenvalue weighted by atomic mass is 9.99. The first-order valence-corrected chi connectivity index (χ1v) is 12.3. The Morgan fingerprint density at radius 3 is 2.77 bits per heavy atom. The molecule has 0 aliphatic carbocycles. The predicted molar refractivity (Wildman–Crippen MR) is 135 cm³/mol. The summed E-state index contributed by atoms with van der Waals surface area (Å²) in [6.07, 6.45) is 2.12. The van der Waals surface area contributed by atoms with Crippen LogP contribution in [0, 0.1) is 13.8 Å². The Bertz CT molecular complexity index is 1360. The Hall–Kier alpha value is -3.36. The van der Waals surface area contributed by atoms with Crippen molar-refractivity contribution in [2.75, 3.05) is 13.2 Å². The summed E-state index contributed by atoms with van der Waals surface area (Å²) in [5.41, 5.74) is 4.79. The largest absolute Gasteiger partial charge is 0.376 e. The van der Waals surface area contributed by atoms with E-state index in [2.05, 4.69) is 57.5 Å². The molecule has 1 fully saturated rings. The average Bonchev–Trinajstić information content (AvgIpc) is 3.52. The Labute approximate surface area is 204 Å². The summed E-state index contributed by atoms with van der Waals surface area (Å²) in [5.74, 6) is 0.660. The zero-order valence-electron chi connectivity index (χ0n) is 20.6. The van der Waals surface area contributed by atoms with Crippen molar-refractivity contribution in [3.05, 3.63) is 87.0 Å². The van der Waals surface area contributed by atoms with Gasteiger partial charge >= 0.3 is 0 Å². The summed E-state index contributed by atoms with van der Waals surface area (Å²) >= 11 is 0. The number of tetrazole rings is 1. The van der Waals surface area contributed by atoms with E-state index in [-0.39, 0.29) is 11.7 Å². The quantitative estimate of drug-likeness (QED) is 0.418. The van der Waals surface area contributed by atoms with Gasteiger partial charge in [0, 0.05) is 29.6 Å². The van der Waals surface area contributed by atoms with Crippen molar-refractivity contribution in [2.24, 2.45) is 0 Å². The van der Waals surface area contributed by atoms with E-state index in [0.717, 1.165) is 48.0 Å². The third-order valence-corrected chi connectivity index (χ3v) is 6.84. The van der Waals surface area contributed by atoms with Gasteiger partial charge in [0.25, 0.3) is 5.56 Å². The van der Waals surface area contributed by atoms with Crippen LogP contribution in [-0.2, 0) is 17.8 Å². The van der Waals surface area contributed by atoms with Crippen molar-refractivity contribution in [1.29, 1.82) is 0 Å². The van der Waals surface area contributed by atoms with Crippen LogP contribution in [0.4, 0.5) is 0 Å². The zero-order chi connectivity index (χ0) is 24.4. The van der Waals surface area contributed by atoms with Gasteiger partial charge in [0.15, 0.2) is 5.82 Å². The number of rotatable bonds is 8. The van der Waals surface area contributed by atoms with Crippen molar-refractivity contribution in [3.8, 4) is 0 Å². The van der Waals surface area contributed by atoms with E-state index in [9.17, 15) is 4.79 Å². The third kappa shape index (κ3) is 4.90. The zero-order valence-corrected chi connectivity index (χ0v) is 20.6. The molecule has 2 atom stereocenters. The van der Waals surface area contributed by atoms with Gasteiger partial charge in [-0.3, -0.25) is 9.69 Å². The van der Waals surface area contributed by atoms with E-state index in [1.54, 1.807) is 0 Å². The summed E-state index contributed by atoms with van der Waals surface area (Å²) in [6.45, 7) is 8.95. The minimum Gasteiger partial charge on any atom is -0.376 e. The molecule has 1 saturated heterocycles. The second kappa shape index (κ2) is 10.1. The molecule has 0 saturated carbocycles. The van der Waals surface area contributed by atoms with Crippen LogP contribution in [0.5, 0.6) is 0 Å². The molecule has 0 amide bonds. The maximum absolute atomic E-state index is 13.5. The number of aryl methyl sites for hydroxylation is 2. The number of benzene rings is 2. The van der Waals surface area contributed by atoms with Gasteiger partial charge in [-0.25, -0.2) is 4.68 Å². The topological polar surface area (TPSA) is 88.9 Å². The Morgan fingerprint density at radius 1 is 1.20 bits per heavy atom. The van der Waals surface area contributed by atoms with Crippen molar-refractivity contribution in [2.45, 2.75) is 58.8 Å². The molecule has 0 unspecified atom stereocenters. The van der Waals surface area contributed by atoms with Crippen LogP contribution in [0.2, 0.25) is 0 Å². The van der Waals surface area contributed by atoms with Crippen LogP contribution in [0.25, 0.3) is 10.9 Å². The molecule has 2 aromatic carbocycles. The predicted octanol–water partition coefficient (Wildman–Crippen LogP) is 3.92. The van der Waals surface area contributed by atoms with Crippen LogP contribution in [-0.4, -0.2) is 49.3 Å². The summed E-state index contributed by atoms with van der Waals surface area (Å²) < 4.78 is 7.68. The second-order valence-electron chi connectivity index (χ2n) is 9.40. The second-order valence-corrected chi connectivity index (χ2v) is 9.40. The molecule has 4 aromatic rings. The van der Waals surface area contributed by atoms with Gasteiger partial charge in [-0.15, -0.1) is 5.10 Å². The van der Waals surface area contributed by atoms with E-state index >= 15 is 0 Å². The van der Waals surface area contributed by atoms with Crippen molar-refractivity contribution < 1.29 is 4.74 Å². The van der Waals surface area contributed by atoms with E-state index < -0.39 is 6.04 Å². The van der Waals surface area contributed by atoms with E-state index in [0.29, 0.717) is 24.5 Å². The van der Waals surface area contributed by atoms with Crippen molar-refractivity contribution in [1.82, 2.24) is 30.1 Å². The summed E-state index contributed by atoms with van der Waals surface area (Å²) in [7, 11) is 0. The monoisotopic (exact) mass is 472 g/mol. The molecule has 1 aliphatic heterocycles. The lowest BCUT2D eigenvalue weighted by Gasteiger charge is -2.30. The van der Waals surface area contributed by atoms with Gasteiger partial charge < -0.3 is 9.72 Å². The fourth-order valence-electron chi connectivity index (χ4n) is 5.11. The number of H-pyrrole nitrogens is 1. The molecule has 8 heteroatoms. The van der Waals surface area contributed by atoms with E-state index in [4.69, 9.17) is 4.74 Å². The molecule has 3 heterocycles. The SMILES string of the molecule is CCN(Cc1ccccc1)[C@@H](c1cc2c(C)cc(C)cc2[nH]c1=O)c1nnnn1C[C@@H]1CCCO1. The van der Waals surface area contributed by atoms with Gasteiger partial charge in [-0.05, 0) is 72.5 Å². The van der Waals surface area contributed by atoms with E-state index in [1.807, 2.05) is 41.9 Å². The first-order valence-electron chi connectivity index (χ1n) is 12.3. The third-order valence-electron chi connectivity index (χ3n) is 6.84. The van der Waals surface area contributed by atoms with Crippen LogP contribution >= 0.6 is 0 Å². The number of aromatic nitrogens is 5. The summed E-state index contributed by atoms with van der Waals surface area (Å²) in [5, 5.41) is 13.8. The minimum atomic E-state index is -0.412. The lowest BCUT2D eigenvalue weighted by molar-refractivity contribution is 0.0907. The number of fused-ring (bicyclic) bond motifs is 1. The first-order chi connectivity index (χ1) is 17.0. The number of hydrogen-bond donors (Lipinski definition) is 1. The number of aromatic amines is 1. The van der Waals surface area contributed by atoms with Crippen LogP contribution < -0.4 is 5.56 Å². The van der Waals surface area contributed by atoms with Crippen LogP contribution in [0.15, 0.2) is 53.3 Å². The van der Waals surface area contributed by atoms with Gasteiger partial charge in [-0.1, -0.05) is 43.3 Å². The van der Waals surface area contributed by atoms with Crippen LogP contribution in [0.3, 0.4) is 0 Å². The molecule has 1 aliphatic rings.